The number of carbonyl (C=O) groups is 2. The van der Waals surface area contributed by atoms with Crippen molar-refractivity contribution in [1.29, 1.82) is 0 Å². The van der Waals surface area contributed by atoms with E-state index in [1.807, 2.05) is 6.92 Å². The van der Waals surface area contributed by atoms with Gasteiger partial charge in [0.15, 0.2) is 0 Å². The van der Waals surface area contributed by atoms with Crippen LogP contribution in [0, 0.1) is 29.6 Å². The normalized spacial score (nSPS) is 40.5. The molecule has 28 heavy (non-hydrogen) atoms. The summed E-state index contributed by atoms with van der Waals surface area (Å²) in [6.45, 7) is 6.55. The third kappa shape index (κ3) is 3.59. The maximum Gasteiger partial charge on any atom is 0.309 e. The molecular formula is C23H36O5. The maximum absolute atomic E-state index is 12.7. The van der Waals surface area contributed by atoms with Crippen molar-refractivity contribution in [3.8, 4) is 0 Å². The van der Waals surface area contributed by atoms with Crippen LogP contribution >= 0.6 is 0 Å². The van der Waals surface area contributed by atoms with Gasteiger partial charge in [0.25, 0.3) is 0 Å². The molecule has 158 valence electrons. The average Bonchev–Trinajstić information content (AvgIpc) is 3.42. The van der Waals surface area contributed by atoms with Crippen LogP contribution < -0.4 is 0 Å². The quantitative estimate of drug-likeness (QED) is 0.606. The molecule has 0 amide bonds. The Balaban J connectivity index is 1.27. The minimum atomic E-state index is -0.311. The van der Waals surface area contributed by atoms with Crippen LogP contribution in [0.15, 0.2) is 0 Å². The fourth-order valence-corrected chi connectivity index (χ4v) is 6.83. The Morgan fingerprint density at radius 1 is 1.04 bits per heavy atom. The third-order valence-corrected chi connectivity index (χ3v) is 8.02. The number of esters is 2. The fraction of sp³-hybridized carbons (Fsp3) is 0.913. The molecule has 2 bridgehead atoms. The molecule has 0 aromatic rings. The second kappa shape index (κ2) is 7.97. The highest BCUT2D eigenvalue weighted by molar-refractivity contribution is 5.75. The van der Waals surface area contributed by atoms with Gasteiger partial charge in [-0.1, -0.05) is 13.8 Å². The molecule has 0 aromatic heterocycles. The van der Waals surface area contributed by atoms with Gasteiger partial charge in [-0.3, -0.25) is 9.59 Å². The van der Waals surface area contributed by atoms with E-state index in [4.69, 9.17) is 14.2 Å². The van der Waals surface area contributed by atoms with Crippen molar-refractivity contribution >= 4 is 11.9 Å². The lowest BCUT2D eigenvalue weighted by molar-refractivity contribution is -0.161. The zero-order chi connectivity index (χ0) is 19.9. The molecule has 0 aromatic carbocycles. The van der Waals surface area contributed by atoms with Gasteiger partial charge in [0.2, 0.25) is 0 Å². The van der Waals surface area contributed by atoms with Crippen LogP contribution in [-0.4, -0.2) is 36.4 Å². The van der Waals surface area contributed by atoms with Crippen molar-refractivity contribution < 1.29 is 23.8 Å². The van der Waals surface area contributed by atoms with Gasteiger partial charge in [0.05, 0.1) is 24.5 Å². The summed E-state index contributed by atoms with van der Waals surface area (Å²) in [6.07, 6.45) is 9.10. The Morgan fingerprint density at radius 3 is 2.39 bits per heavy atom. The summed E-state index contributed by atoms with van der Waals surface area (Å²) in [5, 5.41) is 0. The van der Waals surface area contributed by atoms with Crippen LogP contribution in [-0.2, 0) is 23.8 Å². The number of ether oxygens (including phenoxy) is 3. The molecule has 7 unspecified atom stereocenters. The lowest BCUT2D eigenvalue weighted by Crippen LogP contribution is -2.36. The monoisotopic (exact) mass is 392 g/mol. The first-order valence-electron chi connectivity index (χ1n) is 11.5. The summed E-state index contributed by atoms with van der Waals surface area (Å²) in [6, 6.07) is 0. The third-order valence-electron chi connectivity index (χ3n) is 8.02. The van der Waals surface area contributed by atoms with Gasteiger partial charge < -0.3 is 14.2 Å². The summed E-state index contributed by atoms with van der Waals surface area (Å²) in [4.78, 5) is 24.8. The van der Waals surface area contributed by atoms with Gasteiger partial charge >= 0.3 is 11.9 Å². The Hall–Kier alpha value is -1.10. The maximum atomic E-state index is 12.7. The van der Waals surface area contributed by atoms with Crippen molar-refractivity contribution in [2.45, 2.75) is 96.4 Å². The zero-order valence-corrected chi connectivity index (χ0v) is 17.7. The van der Waals surface area contributed by atoms with E-state index in [0.29, 0.717) is 35.9 Å². The van der Waals surface area contributed by atoms with Gasteiger partial charge in [0.1, 0.15) is 12.2 Å². The number of hydrogen-bond acceptors (Lipinski definition) is 5. The molecule has 1 aliphatic heterocycles. The predicted molar refractivity (Wildman–Crippen MR) is 104 cm³/mol. The zero-order valence-electron chi connectivity index (χ0n) is 17.7. The molecule has 4 rings (SSSR count). The summed E-state index contributed by atoms with van der Waals surface area (Å²) in [5.74, 6) is 1.77. The molecule has 0 N–H and O–H groups in total. The molecule has 7 atom stereocenters. The van der Waals surface area contributed by atoms with Crippen molar-refractivity contribution in [1.82, 2.24) is 0 Å². The molecule has 4 fully saturated rings. The van der Waals surface area contributed by atoms with E-state index in [-0.39, 0.29) is 36.5 Å². The summed E-state index contributed by atoms with van der Waals surface area (Å²) >= 11 is 0. The number of fused-ring (bicyclic) bond motifs is 5. The molecule has 5 heteroatoms. The molecule has 3 aliphatic carbocycles. The molecule has 0 radical (unpaired) electrons. The van der Waals surface area contributed by atoms with Crippen LogP contribution in [0.3, 0.4) is 0 Å². The van der Waals surface area contributed by atoms with E-state index in [1.165, 1.54) is 0 Å². The lowest BCUT2D eigenvalue weighted by Gasteiger charge is -2.32. The highest BCUT2D eigenvalue weighted by atomic mass is 16.6. The molecule has 1 heterocycles. The first-order valence-corrected chi connectivity index (χ1v) is 11.5. The van der Waals surface area contributed by atoms with E-state index < -0.39 is 0 Å². The van der Waals surface area contributed by atoms with Gasteiger partial charge in [-0.05, 0) is 82.0 Å². The molecule has 5 nitrogen and oxygen atoms in total. The summed E-state index contributed by atoms with van der Waals surface area (Å²) in [7, 11) is 0. The van der Waals surface area contributed by atoms with Gasteiger partial charge in [-0.2, -0.15) is 0 Å². The van der Waals surface area contributed by atoms with Crippen LogP contribution in [0.25, 0.3) is 0 Å². The van der Waals surface area contributed by atoms with E-state index >= 15 is 0 Å². The van der Waals surface area contributed by atoms with Crippen molar-refractivity contribution in [3.05, 3.63) is 0 Å². The topological polar surface area (TPSA) is 61.8 Å². The van der Waals surface area contributed by atoms with Crippen LogP contribution in [0.4, 0.5) is 0 Å². The highest BCUT2D eigenvalue weighted by Gasteiger charge is 2.62. The Morgan fingerprint density at radius 2 is 1.71 bits per heavy atom. The minimum Gasteiger partial charge on any atom is -0.465 e. The molecule has 4 aliphatic rings. The average molecular weight is 393 g/mol. The van der Waals surface area contributed by atoms with E-state index in [0.717, 1.165) is 51.4 Å². The summed E-state index contributed by atoms with van der Waals surface area (Å²) < 4.78 is 17.5. The van der Waals surface area contributed by atoms with Gasteiger partial charge in [-0.25, -0.2) is 0 Å². The van der Waals surface area contributed by atoms with Crippen LogP contribution in [0.1, 0.15) is 78.6 Å². The Bertz CT molecular complexity index is 596. The minimum absolute atomic E-state index is 0.0112. The summed E-state index contributed by atoms with van der Waals surface area (Å²) in [5.41, 5.74) is -0.311. The largest absolute Gasteiger partial charge is 0.465 e. The predicted octanol–water partition coefficient (Wildman–Crippen LogP) is 4.27. The first-order chi connectivity index (χ1) is 13.5. The van der Waals surface area contributed by atoms with Crippen molar-refractivity contribution in [3.63, 3.8) is 0 Å². The van der Waals surface area contributed by atoms with Gasteiger partial charge in [-0.15, -0.1) is 0 Å². The second-order valence-electron chi connectivity index (χ2n) is 9.73. The number of carbonyl (C=O) groups excluding carboxylic acids is 2. The SMILES string of the molecule is CCC1OC(CC)C2C3CC(CC3C(=O)OCCC(=O)OC3(C)CCCC3)C12. The Kier molecular flexibility index (Phi) is 5.74. The van der Waals surface area contributed by atoms with E-state index in [2.05, 4.69) is 13.8 Å². The van der Waals surface area contributed by atoms with Gasteiger partial charge in [0, 0.05) is 0 Å². The van der Waals surface area contributed by atoms with E-state index in [1.54, 1.807) is 0 Å². The Labute approximate surface area is 168 Å². The van der Waals surface area contributed by atoms with E-state index in [9.17, 15) is 9.59 Å². The molecule has 0 spiro atoms. The highest BCUT2D eigenvalue weighted by Crippen LogP contribution is 2.62. The van der Waals surface area contributed by atoms with Crippen LogP contribution in [0.5, 0.6) is 0 Å². The molecular weight excluding hydrogens is 356 g/mol. The lowest BCUT2D eigenvalue weighted by atomic mass is 9.70. The number of rotatable bonds is 7. The number of hydrogen-bond donors (Lipinski definition) is 0. The van der Waals surface area contributed by atoms with Crippen LogP contribution in [0.2, 0.25) is 0 Å². The smallest absolute Gasteiger partial charge is 0.309 e. The first kappa shape index (κ1) is 20.2. The molecule has 1 saturated heterocycles. The molecule has 3 saturated carbocycles. The van der Waals surface area contributed by atoms with Crippen molar-refractivity contribution in [2.24, 2.45) is 29.6 Å². The second-order valence-corrected chi connectivity index (χ2v) is 9.73. The standard InChI is InChI=1S/C23H36O5/c1-4-17-20-14-12-15(21(20)18(5-2)27-17)16(13-14)22(25)26-11-8-19(24)28-23(3)9-6-7-10-23/h14-18,20-21H,4-13H2,1-3H3. The van der Waals surface area contributed by atoms with Crippen molar-refractivity contribution in [2.75, 3.05) is 6.61 Å². The fourth-order valence-electron chi connectivity index (χ4n) is 6.83.